The van der Waals surface area contributed by atoms with Gasteiger partial charge < -0.3 is 5.11 Å². The molecular formula is C14H15NO2S. The van der Waals surface area contributed by atoms with E-state index in [1.165, 1.54) is 0 Å². The standard InChI is InChI=1S/C14H15NO2S/c1-18(17)11-14(16,12-6-3-2-4-7-12)13-8-5-9-15-10-13/h2-10,16H,11H2,1H3/t14-,18+/m0/s1. The Morgan fingerprint density at radius 3 is 2.39 bits per heavy atom. The van der Waals surface area contributed by atoms with Gasteiger partial charge in [-0.3, -0.25) is 9.19 Å². The Hall–Kier alpha value is -1.52. The second-order valence-corrected chi connectivity index (χ2v) is 5.62. The summed E-state index contributed by atoms with van der Waals surface area (Å²) < 4.78 is 11.5. The molecule has 0 aliphatic carbocycles. The molecule has 0 amide bonds. The number of aliphatic hydroxyl groups is 1. The van der Waals surface area contributed by atoms with Crippen molar-refractivity contribution in [1.29, 1.82) is 0 Å². The van der Waals surface area contributed by atoms with E-state index in [-0.39, 0.29) is 5.75 Å². The highest BCUT2D eigenvalue weighted by Gasteiger charge is 2.32. The first-order valence-electron chi connectivity index (χ1n) is 5.61. The third-order valence-corrected chi connectivity index (χ3v) is 3.63. The molecular weight excluding hydrogens is 246 g/mol. The molecule has 2 aromatic rings. The van der Waals surface area contributed by atoms with Gasteiger partial charge in [-0.25, -0.2) is 0 Å². The van der Waals surface area contributed by atoms with Crippen LogP contribution in [0.2, 0.25) is 0 Å². The van der Waals surface area contributed by atoms with Crippen molar-refractivity contribution in [3.63, 3.8) is 0 Å². The molecule has 3 nitrogen and oxygen atoms in total. The van der Waals surface area contributed by atoms with Crippen molar-refractivity contribution in [1.82, 2.24) is 4.98 Å². The molecule has 1 aromatic heterocycles. The first kappa shape index (κ1) is 12.9. The summed E-state index contributed by atoms with van der Waals surface area (Å²) in [6.07, 6.45) is 4.85. The van der Waals surface area contributed by atoms with E-state index in [9.17, 15) is 9.32 Å². The van der Waals surface area contributed by atoms with E-state index in [1.54, 1.807) is 30.8 Å². The number of hydrogen-bond acceptors (Lipinski definition) is 3. The molecule has 18 heavy (non-hydrogen) atoms. The van der Waals surface area contributed by atoms with Crippen molar-refractivity contribution in [3.05, 3.63) is 66.0 Å². The molecule has 0 fully saturated rings. The van der Waals surface area contributed by atoms with Crippen LogP contribution < -0.4 is 0 Å². The van der Waals surface area contributed by atoms with Gasteiger partial charge in [-0.15, -0.1) is 0 Å². The molecule has 2 rings (SSSR count). The van der Waals surface area contributed by atoms with Gasteiger partial charge in [0.1, 0.15) is 5.60 Å². The van der Waals surface area contributed by atoms with E-state index in [4.69, 9.17) is 0 Å². The number of benzene rings is 1. The van der Waals surface area contributed by atoms with Crippen LogP contribution >= 0.6 is 0 Å². The van der Waals surface area contributed by atoms with Gasteiger partial charge in [-0.05, 0) is 11.6 Å². The quantitative estimate of drug-likeness (QED) is 0.911. The van der Waals surface area contributed by atoms with E-state index in [0.717, 1.165) is 5.56 Å². The minimum atomic E-state index is -1.25. The summed E-state index contributed by atoms with van der Waals surface area (Å²) in [6.45, 7) is 0. The number of aromatic nitrogens is 1. The fourth-order valence-electron chi connectivity index (χ4n) is 1.95. The minimum absolute atomic E-state index is 0.155. The lowest BCUT2D eigenvalue weighted by atomic mass is 9.89. The zero-order valence-electron chi connectivity index (χ0n) is 10.1. The largest absolute Gasteiger partial charge is 0.379 e. The van der Waals surface area contributed by atoms with Gasteiger partial charge in [0.05, 0.1) is 5.75 Å². The molecule has 0 bridgehead atoms. The first-order chi connectivity index (χ1) is 8.63. The van der Waals surface area contributed by atoms with Gasteiger partial charge in [0.15, 0.2) is 0 Å². The zero-order valence-corrected chi connectivity index (χ0v) is 10.9. The molecule has 1 heterocycles. The molecule has 4 heteroatoms. The number of rotatable bonds is 4. The molecule has 94 valence electrons. The van der Waals surface area contributed by atoms with E-state index in [0.29, 0.717) is 5.56 Å². The molecule has 0 aliphatic rings. The van der Waals surface area contributed by atoms with Crippen LogP contribution in [0.3, 0.4) is 0 Å². The number of nitrogens with zero attached hydrogens (tertiary/aromatic N) is 1. The third kappa shape index (κ3) is 2.66. The van der Waals surface area contributed by atoms with Crippen LogP contribution in [0.25, 0.3) is 0 Å². The normalized spacial score (nSPS) is 15.9. The third-order valence-electron chi connectivity index (χ3n) is 2.80. The predicted molar refractivity (Wildman–Crippen MR) is 72.6 cm³/mol. The molecule has 0 unspecified atom stereocenters. The molecule has 0 radical (unpaired) electrons. The zero-order chi connectivity index (χ0) is 13.0. The summed E-state index contributed by atoms with van der Waals surface area (Å²) in [7, 11) is -1.11. The molecule has 2 atom stereocenters. The summed E-state index contributed by atoms with van der Waals surface area (Å²) in [4.78, 5) is 4.02. The predicted octanol–water partition coefficient (Wildman–Crippen LogP) is 1.70. The minimum Gasteiger partial charge on any atom is -0.379 e. The average molecular weight is 261 g/mol. The van der Waals surface area contributed by atoms with Crippen LogP contribution in [0.5, 0.6) is 0 Å². The van der Waals surface area contributed by atoms with Gasteiger partial charge in [0.2, 0.25) is 0 Å². The Bertz CT molecular complexity index is 489. The van der Waals surface area contributed by atoms with Crippen LogP contribution in [-0.4, -0.2) is 26.3 Å². The van der Waals surface area contributed by atoms with Crippen LogP contribution in [0.15, 0.2) is 54.9 Å². The maximum absolute atomic E-state index is 11.5. The summed E-state index contributed by atoms with van der Waals surface area (Å²) in [5, 5.41) is 10.9. The highest BCUT2D eigenvalue weighted by Crippen LogP contribution is 2.29. The summed E-state index contributed by atoms with van der Waals surface area (Å²) in [5.41, 5.74) is 0.134. The Kier molecular flexibility index (Phi) is 3.89. The Morgan fingerprint density at radius 1 is 1.17 bits per heavy atom. The van der Waals surface area contributed by atoms with E-state index in [1.807, 2.05) is 30.3 Å². The van der Waals surface area contributed by atoms with Crippen molar-refractivity contribution in [3.8, 4) is 0 Å². The Morgan fingerprint density at radius 2 is 1.83 bits per heavy atom. The molecule has 0 saturated heterocycles. The maximum Gasteiger partial charge on any atom is 0.128 e. The molecule has 1 aromatic carbocycles. The second-order valence-electron chi connectivity index (χ2n) is 4.19. The molecule has 0 spiro atoms. The topological polar surface area (TPSA) is 50.2 Å². The highest BCUT2D eigenvalue weighted by molar-refractivity contribution is 7.84. The van der Waals surface area contributed by atoms with Crippen LogP contribution in [-0.2, 0) is 16.4 Å². The monoisotopic (exact) mass is 261 g/mol. The van der Waals surface area contributed by atoms with Crippen molar-refractivity contribution in [2.45, 2.75) is 5.60 Å². The molecule has 0 saturated carbocycles. The maximum atomic E-state index is 11.5. The summed E-state index contributed by atoms with van der Waals surface area (Å²) in [6, 6.07) is 12.8. The number of pyridine rings is 1. The van der Waals surface area contributed by atoms with Gasteiger partial charge in [0, 0.05) is 35.0 Å². The van der Waals surface area contributed by atoms with Crippen molar-refractivity contribution >= 4 is 10.8 Å². The second kappa shape index (κ2) is 5.42. The fraction of sp³-hybridized carbons (Fsp3) is 0.214. The highest BCUT2D eigenvalue weighted by atomic mass is 32.2. The van der Waals surface area contributed by atoms with Gasteiger partial charge in [0.25, 0.3) is 0 Å². The van der Waals surface area contributed by atoms with E-state index < -0.39 is 16.4 Å². The first-order valence-corrected chi connectivity index (χ1v) is 7.34. The van der Waals surface area contributed by atoms with Crippen molar-refractivity contribution < 1.29 is 9.32 Å². The van der Waals surface area contributed by atoms with Crippen LogP contribution in [0, 0.1) is 0 Å². The van der Waals surface area contributed by atoms with E-state index in [2.05, 4.69) is 4.98 Å². The lowest BCUT2D eigenvalue weighted by Crippen LogP contribution is -2.33. The van der Waals surface area contributed by atoms with Crippen molar-refractivity contribution in [2.24, 2.45) is 0 Å². The van der Waals surface area contributed by atoms with Crippen molar-refractivity contribution in [2.75, 3.05) is 12.0 Å². The van der Waals surface area contributed by atoms with Crippen LogP contribution in [0.4, 0.5) is 0 Å². The smallest absolute Gasteiger partial charge is 0.128 e. The van der Waals surface area contributed by atoms with Gasteiger partial charge in [-0.1, -0.05) is 36.4 Å². The average Bonchev–Trinajstić information content (AvgIpc) is 2.40. The Labute approximate surface area is 109 Å². The van der Waals surface area contributed by atoms with E-state index >= 15 is 0 Å². The van der Waals surface area contributed by atoms with Gasteiger partial charge >= 0.3 is 0 Å². The molecule has 0 aliphatic heterocycles. The van der Waals surface area contributed by atoms with Gasteiger partial charge in [-0.2, -0.15) is 0 Å². The lowest BCUT2D eigenvalue weighted by Gasteiger charge is -2.28. The summed E-state index contributed by atoms with van der Waals surface area (Å²) in [5.74, 6) is 0.155. The van der Waals surface area contributed by atoms with Crippen LogP contribution in [0.1, 0.15) is 11.1 Å². The fourth-order valence-corrected chi connectivity index (χ4v) is 2.87. The SMILES string of the molecule is C[S@@](=O)C[C@](O)(c1ccccc1)c1cccnc1. The lowest BCUT2D eigenvalue weighted by molar-refractivity contribution is 0.106. The molecule has 1 N–H and O–H groups in total. The summed E-state index contributed by atoms with van der Waals surface area (Å²) >= 11 is 0. The Balaban J connectivity index is 2.51. The number of hydrogen-bond donors (Lipinski definition) is 1.